The summed E-state index contributed by atoms with van der Waals surface area (Å²) in [6, 6.07) is 58.3. The molecule has 1 aromatic heterocycles. The predicted molar refractivity (Wildman–Crippen MR) is 191 cm³/mol. The molecule has 0 aliphatic rings. The first kappa shape index (κ1) is 27.6. The average Bonchev–Trinajstić information content (AvgIpc) is 3.44. The molecule has 8 aromatic rings. The maximum Gasteiger partial charge on any atom is 0.123 e. The van der Waals surface area contributed by atoms with Crippen molar-refractivity contribution in [1.29, 1.82) is 0 Å². The third-order valence-electron chi connectivity index (χ3n) is 8.74. The Bertz CT molecular complexity index is 2280. The van der Waals surface area contributed by atoms with Gasteiger partial charge in [0.15, 0.2) is 0 Å². The van der Waals surface area contributed by atoms with Crippen LogP contribution in [0.4, 0.5) is 21.5 Å². The summed E-state index contributed by atoms with van der Waals surface area (Å²) in [6.45, 7) is 2.12. The molecule has 2 nitrogen and oxygen atoms in total. The first-order valence-corrected chi connectivity index (χ1v) is 15.5. The molecule has 0 spiro atoms. The minimum atomic E-state index is -0.252. The van der Waals surface area contributed by atoms with E-state index in [1.165, 1.54) is 45.1 Å². The standard InChI is InChI=1S/C43H31FN2/c1-30-11-20-39(21-12-30)46-42-10-6-5-9-40(42)41-29-34(17-28-43(41)46)33-15-24-37(25-16-33)45(38-26-18-35(44)19-27-38)36-22-13-32(14-23-36)31-7-3-2-4-8-31/h2-29H,1H3. The topological polar surface area (TPSA) is 8.17 Å². The molecule has 8 rings (SSSR count). The second kappa shape index (κ2) is 11.5. The number of aryl methyl sites for hydroxylation is 1. The van der Waals surface area contributed by atoms with E-state index in [0.717, 1.165) is 39.4 Å². The van der Waals surface area contributed by atoms with Crippen LogP contribution in [0.1, 0.15) is 5.56 Å². The largest absolute Gasteiger partial charge is 0.311 e. The van der Waals surface area contributed by atoms with Crippen LogP contribution in [0.2, 0.25) is 0 Å². The van der Waals surface area contributed by atoms with Crippen LogP contribution in [-0.2, 0) is 0 Å². The quantitative estimate of drug-likeness (QED) is 0.186. The average molecular weight is 595 g/mol. The van der Waals surface area contributed by atoms with Crippen LogP contribution in [0.5, 0.6) is 0 Å². The monoisotopic (exact) mass is 594 g/mol. The van der Waals surface area contributed by atoms with Crippen LogP contribution < -0.4 is 4.90 Å². The van der Waals surface area contributed by atoms with Crippen molar-refractivity contribution in [1.82, 2.24) is 4.57 Å². The normalized spacial score (nSPS) is 11.3. The fourth-order valence-corrected chi connectivity index (χ4v) is 6.40. The Balaban J connectivity index is 1.18. The summed E-state index contributed by atoms with van der Waals surface area (Å²) < 4.78 is 16.3. The summed E-state index contributed by atoms with van der Waals surface area (Å²) in [5.41, 5.74) is 12.3. The lowest BCUT2D eigenvalue weighted by Crippen LogP contribution is -2.09. The SMILES string of the molecule is Cc1ccc(-n2c3ccccc3c3cc(-c4ccc(N(c5ccc(F)cc5)c5ccc(-c6ccccc6)cc5)cc4)ccc32)cc1. The summed E-state index contributed by atoms with van der Waals surface area (Å²) in [4.78, 5) is 2.16. The number of anilines is 3. The number of benzene rings is 7. The highest BCUT2D eigenvalue weighted by Gasteiger charge is 2.15. The Morgan fingerprint density at radius 2 is 0.935 bits per heavy atom. The van der Waals surface area contributed by atoms with E-state index >= 15 is 0 Å². The summed E-state index contributed by atoms with van der Waals surface area (Å²) in [5, 5.41) is 2.46. The minimum absolute atomic E-state index is 0.252. The molecular weight excluding hydrogens is 563 g/mol. The van der Waals surface area contributed by atoms with E-state index in [2.05, 4.69) is 156 Å². The number of rotatable bonds is 6. The maximum absolute atomic E-state index is 13.9. The fraction of sp³-hybridized carbons (Fsp3) is 0.0233. The van der Waals surface area contributed by atoms with Crippen LogP contribution in [0.15, 0.2) is 170 Å². The molecule has 0 bridgehead atoms. The van der Waals surface area contributed by atoms with Crippen LogP contribution in [0.25, 0.3) is 49.7 Å². The predicted octanol–water partition coefficient (Wildman–Crippen LogP) is 12.0. The molecule has 0 amide bonds. The van der Waals surface area contributed by atoms with Gasteiger partial charge in [0.25, 0.3) is 0 Å². The zero-order valence-corrected chi connectivity index (χ0v) is 25.4. The molecule has 1 heterocycles. The Morgan fingerprint density at radius 1 is 0.435 bits per heavy atom. The number of hydrogen-bond donors (Lipinski definition) is 0. The van der Waals surface area contributed by atoms with Crippen molar-refractivity contribution in [3.63, 3.8) is 0 Å². The Labute approximate surface area is 268 Å². The van der Waals surface area contributed by atoms with Crippen molar-refractivity contribution in [2.75, 3.05) is 4.90 Å². The molecule has 0 fully saturated rings. The Kier molecular flexibility index (Phi) is 6.92. The van der Waals surface area contributed by atoms with E-state index in [9.17, 15) is 4.39 Å². The highest BCUT2D eigenvalue weighted by molar-refractivity contribution is 6.10. The number of halogens is 1. The lowest BCUT2D eigenvalue weighted by molar-refractivity contribution is 0.628. The van der Waals surface area contributed by atoms with Crippen molar-refractivity contribution in [2.24, 2.45) is 0 Å². The van der Waals surface area contributed by atoms with Crippen molar-refractivity contribution in [3.05, 3.63) is 181 Å². The molecule has 0 N–H and O–H groups in total. The number of para-hydroxylation sites is 1. The van der Waals surface area contributed by atoms with Gasteiger partial charge in [-0.15, -0.1) is 0 Å². The molecule has 7 aromatic carbocycles. The molecule has 0 aliphatic heterocycles. The first-order valence-electron chi connectivity index (χ1n) is 15.5. The lowest BCUT2D eigenvalue weighted by Gasteiger charge is -2.26. The van der Waals surface area contributed by atoms with E-state index < -0.39 is 0 Å². The van der Waals surface area contributed by atoms with Gasteiger partial charge < -0.3 is 9.47 Å². The van der Waals surface area contributed by atoms with Crippen LogP contribution in [0, 0.1) is 12.7 Å². The zero-order valence-electron chi connectivity index (χ0n) is 25.4. The van der Waals surface area contributed by atoms with Crippen LogP contribution in [0.3, 0.4) is 0 Å². The summed E-state index contributed by atoms with van der Waals surface area (Å²) >= 11 is 0. The summed E-state index contributed by atoms with van der Waals surface area (Å²) in [5.74, 6) is -0.252. The summed E-state index contributed by atoms with van der Waals surface area (Å²) in [7, 11) is 0. The van der Waals surface area contributed by atoms with Crippen molar-refractivity contribution in [3.8, 4) is 27.9 Å². The molecule has 0 saturated carbocycles. The summed E-state index contributed by atoms with van der Waals surface area (Å²) in [6.07, 6.45) is 0. The molecule has 0 unspecified atom stereocenters. The van der Waals surface area contributed by atoms with E-state index in [4.69, 9.17) is 0 Å². The highest BCUT2D eigenvalue weighted by atomic mass is 19.1. The second-order valence-electron chi connectivity index (χ2n) is 11.7. The molecule has 0 saturated heterocycles. The van der Waals surface area contributed by atoms with Gasteiger partial charge >= 0.3 is 0 Å². The molecule has 0 atom stereocenters. The van der Waals surface area contributed by atoms with Gasteiger partial charge in [0.2, 0.25) is 0 Å². The van der Waals surface area contributed by atoms with Crippen molar-refractivity contribution in [2.45, 2.75) is 6.92 Å². The van der Waals surface area contributed by atoms with Gasteiger partial charge in [0.05, 0.1) is 11.0 Å². The number of fused-ring (bicyclic) bond motifs is 3. The molecule has 0 radical (unpaired) electrons. The van der Waals surface area contributed by atoms with Gasteiger partial charge in [-0.2, -0.15) is 0 Å². The number of nitrogens with zero attached hydrogens (tertiary/aromatic N) is 2. The number of aromatic nitrogens is 1. The highest BCUT2D eigenvalue weighted by Crippen LogP contribution is 2.38. The van der Waals surface area contributed by atoms with Gasteiger partial charge in [0.1, 0.15) is 5.82 Å². The van der Waals surface area contributed by atoms with E-state index in [1.54, 1.807) is 0 Å². The van der Waals surface area contributed by atoms with E-state index in [-0.39, 0.29) is 5.82 Å². The van der Waals surface area contributed by atoms with Gasteiger partial charge in [-0.3, -0.25) is 0 Å². The number of hydrogen-bond acceptors (Lipinski definition) is 1. The smallest absolute Gasteiger partial charge is 0.123 e. The third-order valence-corrected chi connectivity index (χ3v) is 8.74. The molecule has 220 valence electrons. The van der Waals surface area contributed by atoms with E-state index in [1.807, 2.05) is 18.2 Å². The van der Waals surface area contributed by atoms with Gasteiger partial charge in [0, 0.05) is 33.5 Å². The van der Waals surface area contributed by atoms with Crippen LogP contribution >= 0.6 is 0 Å². The molecular formula is C43H31FN2. The fourth-order valence-electron chi connectivity index (χ4n) is 6.40. The lowest BCUT2D eigenvalue weighted by atomic mass is 10.0. The Morgan fingerprint density at radius 3 is 1.59 bits per heavy atom. The maximum atomic E-state index is 13.9. The van der Waals surface area contributed by atoms with Gasteiger partial charge in [-0.25, -0.2) is 4.39 Å². The van der Waals surface area contributed by atoms with Crippen molar-refractivity contribution >= 4 is 38.9 Å². The first-order chi connectivity index (χ1) is 22.6. The van der Waals surface area contributed by atoms with E-state index in [0.29, 0.717) is 0 Å². The van der Waals surface area contributed by atoms with Crippen LogP contribution in [-0.4, -0.2) is 4.57 Å². The Hall–Kier alpha value is -5.93. The van der Waals surface area contributed by atoms with Gasteiger partial charge in [-0.05, 0) is 108 Å². The van der Waals surface area contributed by atoms with Gasteiger partial charge in [-0.1, -0.05) is 96.6 Å². The minimum Gasteiger partial charge on any atom is -0.311 e. The zero-order chi connectivity index (χ0) is 31.0. The molecule has 3 heteroatoms. The molecule has 46 heavy (non-hydrogen) atoms. The molecule has 0 aliphatic carbocycles. The van der Waals surface area contributed by atoms with Crippen molar-refractivity contribution < 1.29 is 4.39 Å². The second-order valence-corrected chi connectivity index (χ2v) is 11.7. The third kappa shape index (κ3) is 5.02.